The van der Waals surface area contributed by atoms with Crippen LogP contribution in [0.25, 0.3) is 0 Å². The van der Waals surface area contributed by atoms with E-state index in [9.17, 15) is 4.79 Å². The van der Waals surface area contributed by atoms with Crippen molar-refractivity contribution in [3.63, 3.8) is 0 Å². The summed E-state index contributed by atoms with van der Waals surface area (Å²) in [5.74, 6) is -0.259. The average Bonchev–Trinajstić information content (AvgIpc) is 2.99. The second-order valence-electron chi connectivity index (χ2n) is 4.99. The van der Waals surface area contributed by atoms with E-state index in [0.29, 0.717) is 5.89 Å². The summed E-state index contributed by atoms with van der Waals surface area (Å²) >= 11 is 0. The van der Waals surface area contributed by atoms with E-state index in [1.165, 1.54) is 0 Å². The van der Waals surface area contributed by atoms with Gasteiger partial charge in [0.15, 0.2) is 0 Å². The molecule has 6 nitrogen and oxygen atoms in total. The molecule has 104 valence electrons. The average molecular weight is 272 g/mol. The van der Waals surface area contributed by atoms with Crippen LogP contribution in [-0.4, -0.2) is 29.1 Å². The fourth-order valence-corrected chi connectivity index (χ4v) is 2.75. The minimum atomic E-state index is -0.669. The van der Waals surface area contributed by atoms with Crippen molar-refractivity contribution in [2.45, 2.75) is 18.3 Å². The van der Waals surface area contributed by atoms with E-state index in [1.807, 2.05) is 18.2 Å². The molecule has 0 unspecified atom stereocenters. The predicted molar refractivity (Wildman–Crippen MR) is 72.1 cm³/mol. The SMILES string of the molecule is NC(=O)c1noc(C2(c3ccccc3)CCNCC2)n1. The molecular formula is C14H16N4O2. The van der Waals surface area contributed by atoms with Gasteiger partial charge in [-0.2, -0.15) is 4.98 Å². The molecule has 1 aromatic carbocycles. The van der Waals surface area contributed by atoms with Crippen LogP contribution < -0.4 is 11.1 Å². The fraction of sp³-hybridized carbons (Fsp3) is 0.357. The van der Waals surface area contributed by atoms with E-state index in [0.717, 1.165) is 31.5 Å². The number of carbonyl (C=O) groups is 1. The number of benzene rings is 1. The van der Waals surface area contributed by atoms with E-state index < -0.39 is 5.91 Å². The first kappa shape index (κ1) is 12.8. The highest BCUT2D eigenvalue weighted by molar-refractivity contribution is 5.88. The van der Waals surface area contributed by atoms with Crippen LogP contribution >= 0.6 is 0 Å². The fourth-order valence-electron chi connectivity index (χ4n) is 2.75. The van der Waals surface area contributed by atoms with Gasteiger partial charge < -0.3 is 15.6 Å². The Hall–Kier alpha value is -2.21. The van der Waals surface area contributed by atoms with Crippen LogP contribution in [0.15, 0.2) is 34.9 Å². The highest BCUT2D eigenvalue weighted by atomic mass is 16.5. The van der Waals surface area contributed by atoms with E-state index in [2.05, 4.69) is 27.6 Å². The van der Waals surface area contributed by atoms with Gasteiger partial charge >= 0.3 is 0 Å². The first-order chi connectivity index (χ1) is 9.72. The van der Waals surface area contributed by atoms with E-state index >= 15 is 0 Å². The van der Waals surface area contributed by atoms with Crippen molar-refractivity contribution in [2.24, 2.45) is 5.73 Å². The number of nitrogens with one attached hydrogen (secondary N) is 1. The van der Waals surface area contributed by atoms with Crippen molar-refractivity contribution in [3.8, 4) is 0 Å². The van der Waals surface area contributed by atoms with Crippen molar-refractivity contribution in [3.05, 3.63) is 47.6 Å². The third-order valence-electron chi connectivity index (χ3n) is 3.84. The van der Waals surface area contributed by atoms with Gasteiger partial charge in [-0.15, -0.1) is 0 Å². The minimum absolute atomic E-state index is 0.0613. The maximum absolute atomic E-state index is 11.2. The lowest BCUT2D eigenvalue weighted by Gasteiger charge is -2.34. The van der Waals surface area contributed by atoms with E-state index in [4.69, 9.17) is 10.3 Å². The van der Waals surface area contributed by atoms with Crippen LogP contribution in [0.5, 0.6) is 0 Å². The number of amides is 1. The Labute approximate surface area is 116 Å². The topological polar surface area (TPSA) is 94.0 Å². The molecule has 0 spiro atoms. The van der Waals surface area contributed by atoms with Crippen LogP contribution in [-0.2, 0) is 5.41 Å². The summed E-state index contributed by atoms with van der Waals surface area (Å²) < 4.78 is 5.33. The number of rotatable bonds is 3. The second kappa shape index (κ2) is 5.05. The van der Waals surface area contributed by atoms with Gasteiger partial charge in [0, 0.05) is 0 Å². The molecule has 1 aromatic heterocycles. The molecule has 1 aliphatic heterocycles. The monoisotopic (exact) mass is 272 g/mol. The zero-order valence-electron chi connectivity index (χ0n) is 11.0. The van der Waals surface area contributed by atoms with Gasteiger partial charge in [0.05, 0.1) is 5.41 Å². The van der Waals surface area contributed by atoms with Crippen molar-refractivity contribution in [1.29, 1.82) is 0 Å². The molecule has 1 saturated heterocycles. The standard InChI is InChI=1S/C14H16N4O2/c15-11(19)12-17-13(20-18-12)14(6-8-16-9-7-14)10-4-2-1-3-5-10/h1-5,16H,6-9H2,(H2,15,19). The first-order valence-corrected chi connectivity index (χ1v) is 6.63. The number of nitrogens with zero attached hydrogens (tertiary/aromatic N) is 2. The van der Waals surface area contributed by atoms with E-state index in [1.54, 1.807) is 0 Å². The van der Waals surface area contributed by atoms with Gasteiger partial charge in [0.1, 0.15) is 0 Å². The molecule has 3 N–H and O–H groups in total. The number of hydrogen-bond acceptors (Lipinski definition) is 5. The number of carbonyl (C=O) groups excluding carboxylic acids is 1. The van der Waals surface area contributed by atoms with Crippen LogP contribution in [0.2, 0.25) is 0 Å². The Bertz CT molecular complexity index is 603. The molecule has 0 aliphatic carbocycles. The summed E-state index contributed by atoms with van der Waals surface area (Å²) in [5, 5.41) is 7.01. The summed E-state index contributed by atoms with van der Waals surface area (Å²) in [5.41, 5.74) is 5.99. The van der Waals surface area contributed by atoms with Gasteiger partial charge in [-0.25, -0.2) is 0 Å². The highest BCUT2D eigenvalue weighted by Gasteiger charge is 2.41. The summed E-state index contributed by atoms with van der Waals surface area (Å²) in [4.78, 5) is 15.4. The molecule has 20 heavy (non-hydrogen) atoms. The normalized spacial score (nSPS) is 17.8. The molecule has 0 saturated carbocycles. The molecule has 2 heterocycles. The molecule has 0 bridgehead atoms. The Balaban J connectivity index is 2.07. The van der Waals surface area contributed by atoms with Crippen LogP contribution in [0, 0.1) is 0 Å². The first-order valence-electron chi connectivity index (χ1n) is 6.63. The number of hydrogen-bond donors (Lipinski definition) is 2. The number of piperidine rings is 1. The maximum Gasteiger partial charge on any atom is 0.290 e. The Morgan fingerprint density at radius 1 is 1.25 bits per heavy atom. The number of primary amides is 1. The summed E-state index contributed by atoms with van der Waals surface area (Å²) in [6, 6.07) is 10.1. The maximum atomic E-state index is 11.2. The van der Waals surface area contributed by atoms with Crippen molar-refractivity contribution in [1.82, 2.24) is 15.5 Å². The van der Waals surface area contributed by atoms with Crippen molar-refractivity contribution >= 4 is 5.91 Å². The number of nitrogens with two attached hydrogens (primary N) is 1. The van der Waals surface area contributed by atoms with Gasteiger partial charge in [0.25, 0.3) is 11.7 Å². The zero-order valence-corrected chi connectivity index (χ0v) is 11.0. The van der Waals surface area contributed by atoms with Gasteiger partial charge in [-0.3, -0.25) is 4.79 Å². The molecule has 1 aliphatic rings. The van der Waals surface area contributed by atoms with Gasteiger partial charge in [-0.05, 0) is 31.5 Å². The molecule has 6 heteroatoms. The summed E-state index contributed by atoms with van der Waals surface area (Å²) in [6.07, 6.45) is 1.69. The van der Waals surface area contributed by atoms with Crippen LogP contribution in [0.1, 0.15) is 34.9 Å². The third kappa shape index (κ3) is 2.08. The molecule has 0 atom stereocenters. The highest BCUT2D eigenvalue weighted by Crippen LogP contribution is 2.39. The molecule has 1 fully saturated rings. The van der Waals surface area contributed by atoms with Gasteiger partial charge in [-0.1, -0.05) is 35.5 Å². The Morgan fingerprint density at radius 3 is 2.55 bits per heavy atom. The zero-order chi connectivity index (χ0) is 14.0. The third-order valence-corrected chi connectivity index (χ3v) is 3.84. The van der Waals surface area contributed by atoms with Crippen LogP contribution in [0.4, 0.5) is 0 Å². The predicted octanol–water partition coefficient (Wildman–Crippen LogP) is 0.838. The van der Waals surface area contributed by atoms with Crippen molar-refractivity contribution < 1.29 is 9.32 Å². The molecule has 1 amide bonds. The minimum Gasteiger partial charge on any atom is -0.363 e. The summed E-state index contributed by atoms with van der Waals surface area (Å²) in [7, 11) is 0. The smallest absolute Gasteiger partial charge is 0.290 e. The van der Waals surface area contributed by atoms with E-state index in [-0.39, 0.29) is 11.2 Å². The molecular weight excluding hydrogens is 256 g/mol. The van der Waals surface area contributed by atoms with Crippen LogP contribution in [0.3, 0.4) is 0 Å². The van der Waals surface area contributed by atoms with Gasteiger partial charge in [0.2, 0.25) is 5.89 Å². The summed E-state index contributed by atoms with van der Waals surface area (Å²) in [6.45, 7) is 1.73. The lowest BCUT2D eigenvalue weighted by molar-refractivity contribution is 0.0987. The molecule has 0 radical (unpaired) electrons. The Morgan fingerprint density at radius 2 is 1.95 bits per heavy atom. The Kier molecular flexibility index (Phi) is 3.23. The quantitative estimate of drug-likeness (QED) is 0.863. The number of aromatic nitrogens is 2. The largest absolute Gasteiger partial charge is 0.363 e. The second-order valence-corrected chi connectivity index (χ2v) is 4.99. The molecule has 2 aromatic rings. The molecule has 3 rings (SSSR count). The lowest BCUT2D eigenvalue weighted by atomic mass is 9.73. The van der Waals surface area contributed by atoms with Crippen molar-refractivity contribution in [2.75, 3.05) is 13.1 Å². The lowest BCUT2D eigenvalue weighted by Crippen LogP contribution is -2.41.